The number of piperidine rings is 1. The average molecular weight is 1820 g/mol. The second-order valence-electron chi connectivity index (χ2n) is 33.5. The van der Waals surface area contributed by atoms with Crippen molar-refractivity contribution in [1.29, 1.82) is 0 Å². The maximum Gasteiger partial charge on any atom is 0.329 e. The van der Waals surface area contributed by atoms with E-state index in [-0.39, 0.29) is 79.9 Å². The van der Waals surface area contributed by atoms with Gasteiger partial charge in [-0.2, -0.15) is 0 Å². The fourth-order valence-corrected chi connectivity index (χ4v) is 17.4. The zero-order chi connectivity index (χ0) is 91.6. The maximum absolute atomic E-state index is 14.8. The quantitative estimate of drug-likeness (QED) is 0.00697. The van der Waals surface area contributed by atoms with Gasteiger partial charge in [0.2, 0.25) is 11.7 Å². The lowest BCUT2D eigenvalue weighted by atomic mass is 9.80. The molecule has 5 aliphatic rings. The Morgan fingerprint density at radius 3 is 1.97 bits per heavy atom. The van der Waals surface area contributed by atoms with E-state index in [1.54, 1.807) is 65.1 Å². The number of ether oxygens (including phenoxy) is 15. The number of hydrogen-bond donors (Lipinski definition) is 7. The highest BCUT2D eigenvalue weighted by Gasteiger charge is 2.53. The zero-order valence-electron chi connectivity index (χ0n) is 76.0. The SMILES string of the molecule is CO[C@H]1C[C@@H]2CC[C@@H](C)[C@@](O)(O2)C(=O)C(=O)N2CCCC[C@H]2C(=O)O[C@H]([C@H](N)C[C@@H]2CC[C@@H](OC(=S)NCCOCCOCCOCCOCCOCCOCCOCCOCCC(=O)NCCSc3ccc(C(=O)N4CCOc5ccc(-c6ccc(N)nc6)cc5C4)c(C)c3)[C@H](OC)C2)C[C@@H](OC)[C@H](C)/C=C(\C)[C@@H](O)[C@@H](O)C(=O)[C@H](C)C[C@H](C)/C=C/C=C/C=C/1C. The van der Waals surface area contributed by atoms with Crippen molar-refractivity contribution >= 4 is 70.2 Å². The van der Waals surface area contributed by atoms with Gasteiger partial charge in [0.25, 0.3) is 22.8 Å². The summed E-state index contributed by atoms with van der Waals surface area (Å²) < 4.78 is 88.0. The van der Waals surface area contributed by atoms with E-state index in [1.807, 2.05) is 105 Å². The molecule has 3 aromatic rings. The number of fused-ring (bicyclic) bond motifs is 4. The molecule has 1 saturated carbocycles. The number of aliphatic hydroxyl groups is 3. The van der Waals surface area contributed by atoms with Gasteiger partial charge in [-0.1, -0.05) is 70.2 Å². The van der Waals surface area contributed by atoms with Gasteiger partial charge in [-0.25, -0.2) is 9.78 Å². The van der Waals surface area contributed by atoms with Crippen molar-refractivity contribution in [2.24, 2.45) is 35.3 Å². The van der Waals surface area contributed by atoms with Crippen LogP contribution >= 0.6 is 24.0 Å². The molecule has 0 radical (unpaired) electrons. The summed E-state index contributed by atoms with van der Waals surface area (Å²) in [5.41, 5.74) is 18.5. The van der Waals surface area contributed by atoms with Crippen LogP contribution in [0.25, 0.3) is 11.1 Å². The number of ketones is 2. The number of Topliss-reactive ketones (excluding diaryl/α,β-unsaturated/α-hetero) is 2. The Bertz CT molecular complexity index is 4010. The van der Waals surface area contributed by atoms with E-state index < -0.39 is 95.7 Å². The van der Waals surface area contributed by atoms with Gasteiger partial charge in [0.05, 0.1) is 137 Å². The zero-order valence-corrected chi connectivity index (χ0v) is 77.6. The molecule has 9 N–H and O–H groups in total. The average Bonchev–Trinajstić information content (AvgIpc) is 1.02. The first kappa shape index (κ1) is 105. The number of cyclic esters (lactones) is 1. The topological polar surface area (TPSA) is 397 Å². The van der Waals surface area contributed by atoms with Crippen molar-refractivity contribution < 1.29 is 115 Å². The summed E-state index contributed by atoms with van der Waals surface area (Å²) in [6.07, 6.45) is 11.4. The van der Waals surface area contributed by atoms with Gasteiger partial charge in [0.15, 0.2) is 5.78 Å². The number of nitrogens with one attached hydrogen (secondary N) is 2. The van der Waals surface area contributed by atoms with Crippen LogP contribution in [-0.2, 0) is 96.8 Å². The van der Waals surface area contributed by atoms with Gasteiger partial charge in [-0.15, -0.1) is 11.8 Å². The molecule has 2 bridgehead atoms. The lowest BCUT2D eigenvalue weighted by Crippen LogP contribution is -2.61. The number of nitrogens with zero attached hydrogens (tertiary/aromatic N) is 3. The summed E-state index contributed by atoms with van der Waals surface area (Å²) in [5, 5.41) is 41.2. The third kappa shape index (κ3) is 34.8. The van der Waals surface area contributed by atoms with E-state index in [2.05, 4.69) is 15.6 Å². The monoisotopic (exact) mass is 1820 g/mol. The third-order valence-corrected chi connectivity index (χ3v) is 25.1. The normalized spacial score (nSPS) is 27.4. The number of carbonyl (C=O) groups is 6. The lowest BCUT2D eigenvalue weighted by molar-refractivity contribution is -0.265. The standard InChI is InChI=1S/C94H141N7O24S2/c1-62-16-12-11-13-17-63(2)80(111-8)58-73-23-19-68(7)94(110,125-73)89(106)91(108)101-32-15-14-18-77(101)92(109)123-82(59-81(112-9)65(4)53-67(6)87(104)88(105)86(103)66(5)52-62)76(95)55-69-20-26-79(83(56-69)113-10)124-93(126)98-30-35-115-38-40-117-42-44-119-46-48-121-50-49-120-47-45-118-43-41-116-39-37-114-34-29-85(102)97-31-51-127-74-24-25-75(64(3)54-74)90(107)100-33-36-122-78-27-21-70(57-72(78)61-100)71-22-28-84(96)99-60-71/h11-13,16-17,21-22,24-25,27-28,53-54,57,60,62,65-66,68-69,73,76-77,79-83,87-88,104-105,110H,14-15,18-20,23,26,29-52,55-56,58-59,61,95H2,1-10H3,(H2,96,99)(H,97,102)(H,98,126)/b13-11+,16-12+,63-17+,67-53+/t62-,65-,66-,68-,69+,73+,76-,77+,79-,80+,81-,82+,83-,87-,88+,94-/m1/s1. The number of nitrogen functional groups attached to an aromatic ring is 1. The maximum atomic E-state index is 14.8. The Morgan fingerprint density at radius 2 is 1.33 bits per heavy atom. The summed E-state index contributed by atoms with van der Waals surface area (Å²) in [5.74, 6) is -6.07. The largest absolute Gasteiger partial charge is 0.491 e. The van der Waals surface area contributed by atoms with Gasteiger partial charge in [-0.05, 0) is 174 Å². The molecule has 4 aliphatic heterocycles. The molecule has 3 amide bonds. The van der Waals surface area contributed by atoms with Crippen molar-refractivity contribution in [3.63, 3.8) is 0 Å². The minimum atomic E-state index is -2.47. The van der Waals surface area contributed by atoms with E-state index >= 15 is 0 Å². The summed E-state index contributed by atoms with van der Waals surface area (Å²) in [4.78, 5) is 92.0. The van der Waals surface area contributed by atoms with Crippen molar-refractivity contribution in [1.82, 2.24) is 25.4 Å². The number of rotatable bonds is 40. The minimum Gasteiger partial charge on any atom is -0.491 e. The number of aromatic nitrogens is 1. The molecule has 16 atom stereocenters. The highest BCUT2D eigenvalue weighted by Crippen LogP contribution is 2.39. The van der Waals surface area contributed by atoms with Crippen LogP contribution in [0.4, 0.5) is 5.82 Å². The molecule has 0 unspecified atom stereocenters. The predicted molar refractivity (Wildman–Crippen MR) is 485 cm³/mol. The second kappa shape index (κ2) is 56.5. The number of pyridine rings is 1. The van der Waals surface area contributed by atoms with E-state index in [4.69, 9.17) is 94.7 Å². The first-order chi connectivity index (χ1) is 61.2. The summed E-state index contributed by atoms with van der Waals surface area (Å²) in [6.45, 7) is 21.1. The van der Waals surface area contributed by atoms with Crippen molar-refractivity contribution in [2.75, 3.05) is 171 Å². The highest BCUT2D eigenvalue weighted by atomic mass is 32.2. The van der Waals surface area contributed by atoms with Crippen molar-refractivity contribution in [3.8, 4) is 16.9 Å². The van der Waals surface area contributed by atoms with Crippen LogP contribution in [0.2, 0.25) is 0 Å². The number of thioether (sulfide) groups is 1. The van der Waals surface area contributed by atoms with Crippen molar-refractivity contribution in [2.45, 2.75) is 210 Å². The molecule has 1 aliphatic carbocycles. The molecule has 8 rings (SSSR count). The fraction of sp³-hybridized carbons (Fsp3) is 0.660. The molecule has 33 heteroatoms. The molecule has 1 aromatic heterocycles. The smallest absolute Gasteiger partial charge is 0.329 e. The first-order valence-corrected chi connectivity index (χ1v) is 46.3. The number of nitrogens with two attached hydrogens (primary N) is 2. The number of thiocarbonyl (C=S) groups is 1. The molecule has 2 aromatic carbocycles. The molecule has 127 heavy (non-hydrogen) atoms. The van der Waals surface area contributed by atoms with Crippen LogP contribution in [0, 0.1) is 36.5 Å². The Kier molecular flexibility index (Phi) is 46.8. The number of anilines is 1. The van der Waals surface area contributed by atoms with Crippen molar-refractivity contribution in [3.05, 3.63) is 119 Å². The lowest BCUT2D eigenvalue weighted by Gasteiger charge is -2.43. The number of allylic oxidation sites excluding steroid dienone is 5. The number of hydrogen-bond acceptors (Lipinski definition) is 29. The Morgan fingerprint density at radius 1 is 0.677 bits per heavy atom. The van der Waals surface area contributed by atoms with Crippen LogP contribution < -0.4 is 26.8 Å². The molecule has 2 saturated heterocycles. The predicted octanol–water partition coefficient (Wildman–Crippen LogP) is 8.98. The number of amides is 3. The van der Waals surface area contributed by atoms with Crippen LogP contribution in [0.3, 0.4) is 0 Å². The molecular weight excluding hydrogens is 1680 g/mol. The second-order valence-corrected chi connectivity index (χ2v) is 35.0. The molecule has 0 spiro atoms. The summed E-state index contributed by atoms with van der Waals surface area (Å²) >= 11 is 7.22. The van der Waals surface area contributed by atoms with Gasteiger partial charge in [-0.3, -0.25) is 24.0 Å². The van der Waals surface area contributed by atoms with E-state index in [9.17, 15) is 44.1 Å². The van der Waals surface area contributed by atoms with Crippen LogP contribution in [-0.4, -0.2) is 303 Å². The Balaban J connectivity index is 0.640. The minimum absolute atomic E-state index is 0.0250. The number of esters is 1. The Labute approximate surface area is 759 Å². The van der Waals surface area contributed by atoms with E-state index in [0.29, 0.717) is 212 Å². The number of methoxy groups -OCH3 is 3. The first-order valence-electron chi connectivity index (χ1n) is 44.9. The van der Waals surface area contributed by atoms with Gasteiger partial charge in [0, 0.05) is 124 Å². The molecule has 31 nitrogen and oxygen atoms in total. The molecule has 708 valence electrons. The van der Waals surface area contributed by atoms with Gasteiger partial charge < -0.3 is 118 Å². The van der Waals surface area contributed by atoms with Gasteiger partial charge in [0.1, 0.15) is 48.6 Å². The molecule has 3 fully saturated rings. The molecular formula is C94H141N7O24S2. The van der Waals surface area contributed by atoms with Crippen LogP contribution in [0.15, 0.2) is 107 Å². The summed E-state index contributed by atoms with van der Waals surface area (Å²) in [7, 11) is 4.69. The Hall–Kier alpha value is -7.23. The number of aryl methyl sites for hydroxylation is 1. The fourth-order valence-electron chi connectivity index (χ4n) is 16.3. The molecule has 5 heterocycles. The number of carbonyl (C=O) groups excluding carboxylic acids is 6. The van der Waals surface area contributed by atoms with Gasteiger partial charge >= 0.3 is 5.97 Å². The van der Waals surface area contributed by atoms with Crippen LogP contribution in [0.1, 0.15) is 146 Å². The van der Waals surface area contributed by atoms with E-state index in [1.165, 1.54) is 12.0 Å². The highest BCUT2D eigenvalue weighted by molar-refractivity contribution is 7.99. The number of aliphatic hydroxyl groups excluding tert-OH is 2. The third-order valence-electron chi connectivity index (χ3n) is 23.8. The van der Waals surface area contributed by atoms with Crippen LogP contribution in [0.5, 0.6) is 5.75 Å². The van der Waals surface area contributed by atoms with E-state index in [0.717, 1.165) is 38.5 Å². The number of benzene rings is 2. The summed E-state index contributed by atoms with van der Waals surface area (Å²) in [6, 6.07) is 13.5.